The van der Waals surface area contributed by atoms with Crippen LogP contribution in [0.1, 0.15) is 47.1 Å². The predicted molar refractivity (Wildman–Crippen MR) is 139 cm³/mol. The van der Waals surface area contributed by atoms with E-state index in [0.717, 1.165) is 35.6 Å². The third-order valence-electron chi connectivity index (χ3n) is 6.82. The van der Waals surface area contributed by atoms with Crippen LogP contribution in [0.25, 0.3) is 5.69 Å². The lowest BCUT2D eigenvalue weighted by atomic mass is 9.97. The third-order valence-corrected chi connectivity index (χ3v) is 6.82. The first-order valence-electron chi connectivity index (χ1n) is 12.4. The molecule has 0 aliphatic carbocycles. The van der Waals surface area contributed by atoms with Crippen LogP contribution in [-0.2, 0) is 11.0 Å². The summed E-state index contributed by atoms with van der Waals surface area (Å²) in [4.78, 5) is 30.4. The molecule has 39 heavy (non-hydrogen) atoms. The van der Waals surface area contributed by atoms with Crippen molar-refractivity contribution in [2.45, 2.75) is 32.1 Å². The topological polar surface area (TPSA) is 45.6 Å². The van der Waals surface area contributed by atoms with Gasteiger partial charge in [0.1, 0.15) is 18.4 Å². The van der Waals surface area contributed by atoms with E-state index in [9.17, 15) is 27.2 Å². The summed E-state index contributed by atoms with van der Waals surface area (Å²) in [5.41, 5.74) is 2.05. The SMILES string of the molecule is CC(C)N(CC(=O)N1c2ccccc2-n2cccc2[C@@H]1c1ccc(F)cc1)C(=O)c1ccc(C(F)(F)F)cc1. The minimum Gasteiger partial charge on any atom is -0.327 e. The van der Waals surface area contributed by atoms with Gasteiger partial charge in [-0.1, -0.05) is 24.3 Å². The number of hydrogen-bond acceptors (Lipinski definition) is 2. The number of fused-ring (bicyclic) bond motifs is 3. The van der Waals surface area contributed by atoms with Gasteiger partial charge in [-0.05, 0) is 80.1 Å². The van der Waals surface area contributed by atoms with Gasteiger partial charge in [-0.3, -0.25) is 14.5 Å². The molecule has 0 fully saturated rings. The number of hydrogen-bond donors (Lipinski definition) is 0. The molecule has 1 aromatic heterocycles. The number of nitrogens with zero attached hydrogens (tertiary/aromatic N) is 3. The quantitative estimate of drug-likeness (QED) is 0.270. The number of carbonyl (C=O) groups excluding carboxylic acids is 2. The molecule has 5 nitrogen and oxygen atoms in total. The molecule has 0 saturated carbocycles. The maximum Gasteiger partial charge on any atom is 0.416 e. The Morgan fingerprint density at radius 2 is 1.51 bits per heavy atom. The maximum atomic E-state index is 14.1. The van der Waals surface area contributed by atoms with Gasteiger partial charge in [-0.15, -0.1) is 0 Å². The summed E-state index contributed by atoms with van der Waals surface area (Å²) in [6.07, 6.45) is -2.63. The second kappa shape index (κ2) is 10.1. The van der Waals surface area contributed by atoms with Crippen molar-refractivity contribution >= 4 is 17.5 Å². The van der Waals surface area contributed by atoms with Crippen LogP contribution in [0.15, 0.2) is 91.1 Å². The lowest BCUT2D eigenvalue weighted by Crippen LogP contribution is -2.48. The van der Waals surface area contributed by atoms with E-state index >= 15 is 0 Å². The molecular weight excluding hydrogens is 510 g/mol. The van der Waals surface area contributed by atoms with E-state index in [1.54, 1.807) is 30.9 Å². The second-order valence-corrected chi connectivity index (χ2v) is 9.61. The molecule has 1 aliphatic heterocycles. The molecule has 1 atom stereocenters. The number of amides is 2. The number of carbonyl (C=O) groups is 2. The fourth-order valence-corrected chi connectivity index (χ4v) is 4.90. The minimum absolute atomic E-state index is 0.0486. The number of anilines is 1. The van der Waals surface area contributed by atoms with Gasteiger partial charge < -0.3 is 9.47 Å². The van der Waals surface area contributed by atoms with Crippen LogP contribution in [0.2, 0.25) is 0 Å². The smallest absolute Gasteiger partial charge is 0.327 e. The Labute approximate surface area is 222 Å². The zero-order chi connectivity index (χ0) is 27.9. The monoisotopic (exact) mass is 535 g/mol. The van der Waals surface area contributed by atoms with E-state index < -0.39 is 41.5 Å². The minimum atomic E-state index is -4.52. The number of rotatable bonds is 5. The molecule has 1 aliphatic rings. The largest absolute Gasteiger partial charge is 0.416 e. The van der Waals surface area contributed by atoms with E-state index in [1.807, 2.05) is 47.2 Å². The fraction of sp³-hybridized carbons (Fsp3) is 0.200. The van der Waals surface area contributed by atoms with Gasteiger partial charge in [0.15, 0.2) is 0 Å². The number of alkyl halides is 3. The average molecular weight is 536 g/mol. The molecule has 3 aromatic carbocycles. The second-order valence-electron chi connectivity index (χ2n) is 9.61. The van der Waals surface area contributed by atoms with Gasteiger partial charge in [0, 0.05) is 17.8 Å². The summed E-state index contributed by atoms with van der Waals surface area (Å²) >= 11 is 0. The summed E-state index contributed by atoms with van der Waals surface area (Å²) in [5, 5.41) is 0. The van der Waals surface area contributed by atoms with Gasteiger partial charge in [0.25, 0.3) is 5.91 Å². The first kappa shape index (κ1) is 26.2. The highest BCUT2D eigenvalue weighted by Crippen LogP contribution is 2.42. The first-order valence-corrected chi connectivity index (χ1v) is 12.4. The number of para-hydroxylation sites is 2. The molecule has 0 radical (unpaired) electrons. The molecule has 5 rings (SSSR count). The summed E-state index contributed by atoms with van der Waals surface area (Å²) in [6, 6.07) is 20.0. The highest BCUT2D eigenvalue weighted by molar-refractivity contribution is 6.02. The van der Waals surface area contributed by atoms with Gasteiger partial charge >= 0.3 is 6.18 Å². The molecular formula is C30H25F4N3O2. The maximum absolute atomic E-state index is 14.1. The number of halogens is 4. The molecule has 9 heteroatoms. The van der Waals surface area contributed by atoms with Crippen molar-refractivity contribution in [3.05, 3.63) is 119 Å². The fourth-order valence-electron chi connectivity index (χ4n) is 4.90. The van der Waals surface area contributed by atoms with E-state index in [-0.39, 0.29) is 12.1 Å². The van der Waals surface area contributed by atoms with Crippen molar-refractivity contribution in [3.63, 3.8) is 0 Å². The van der Waals surface area contributed by atoms with Crippen LogP contribution in [0.3, 0.4) is 0 Å². The van der Waals surface area contributed by atoms with Crippen LogP contribution in [0.4, 0.5) is 23.2 Å². The van der Waals surface area contributed by atoms with Crippen molar-refractivity contribution in [2.75, 3.05) is 11.4 Å². The van der Waals surface area contributed by atoms with Crippen LogP contribution in [0, 0.1) is 5.82 Å². The lowest BCUT2D eigenvalue weighted by Gasteiger charge is -2.40. The third kappa shape index (κ3) is 4.92. The highest BCUT2D eigenvalue weighted by atomic mass is 19.4. The van der Waals surface area contributed by atoms with Gasteiger partial charge in [0.2, 0.25) is 5.91 Å². The van der Waals surface area contributed by atoms with E-state index in [1.165, 1.54) is 17.0 Å². The van der Waals surface area contributed by atoms with Gasteiger partial charge in [-0.25, -0.2) is 4.39 Å². The van der Waals surface area contributed by atoms with Crippen molar-refractivity contribution in [3.8, 4) is 5.69 Å². The summed E-state index contributed by atoms with van der Waals surface area (Å²) in [5.74, 6) is -1.35. The van der Waals surface area contributed by atoms with Crippen LogP contribution >= 0.6 is 0 Å². The van der Waals surface area contributed by atoms with Crippen LogP contribution in [-0.4, -0.2) is 33.9 Å². The molecule has 4 aromatic rings. The van der Waals surface area contributed by atoms with Crippen molar-refractivity contribution < 1.29 is 27.2 Å². The zero-order valence-corrected chi connectivity index (χ0v) is 21.2. The normalized spacial score (nSPS) is 14.6. The number of aromatic nitrogens is 1. The Bertz CT molecular complexity index is 1510. The Kier molecular flexibility index (Phi) is 6.76. The Hall–Kier alpha value is -4.40. The van der Waals surface area contributed by atoms with E-state index in [4.69, 9.17) is 0 Å². The standard InChI is InChI=1S/C30H25F4N3O2/c1-19(2)36(29(39)21-9-13-22(14-10-21)30(32,33)34)18-27(38)37-25-7-4-3-6-24(25)35-17-5-8-26(35)28(37)20-11-15-23(31)16-12-20/h3-17,19,28H,18H2,1-2H3/t28-/m0/s1. The molecule has 0 saturated heterocycles. The molecule has 0 spiro atoms. The Balaban J connectivity index is 1.52. The van der Waals surface area contributed by atoms with Crippen molar-refractivity contribution in [1.29, 1.82) is 0 Å². The number of benzene rings is 3. The summed E-state index contributed by atoms with van der Waals surface area (Å²) < 4.78 is 54.8. The molecule has 2 heterocycles. The van der Waals surface area contributed by atoms with Crippen LogP contribution in [0.5, 0.6) is 0 Å². The lowest BCUT2D eigenvalue weighted by molar-refractivity contribution is -0.137. The van der Waals surface area contributed by atoms with Crippen LogP contribution < -0.4 is 4.90 Å². The Morgan fingerprint density at radius 1 is 0.872 bits per heavy atom. The molecule has 0 unspecified atom stereocenters. The molecule has 0 N–H and O–H groups in total. The van der Waals surface area contributed by atoms with Crippen molar-refractivity contribution in [2.24, 2.45) is 0 Å². The van der Waals surface area contributed by atoms with Gasteiger partial charge in [0.05, 0.1) is 22.6 Å². The Morgan fingerprint density at radius 3 is 2.13 bits per heavy atom. The molecule has 200 valence electrons. The van der Waals surface area contributed by atoms with Crippen molar-refractivity contribution in [1.82, 2.24) is 9.47 Å². The zero-order valence-electron chi connectivity index (χ0n) is 21.2. The van der Waals surface area contributed by atoms with E-state index in [2.05, 4.69) is 0 Å². The average Bonchev–Trinajstić information content (AvgIpc) is 3.40. The first-order chi connectivity index (χ1) is 18.6. The summed E-state index contributed by atoms with van der Waals surface area (Å²) in [7, 11) is 0. The van der Waals surface area contributed by atoms with E-state index in [0.29, 0.717) is 11.3 Å². The predicted octanol–water partition coefficient (Wildman–Crippen LogP) is 6.62. The highest BCUT2D eigenvalue weighted by Gasteiger charge is 2.37. The molecule has 2 amide bonds. The molecule has 0 bridgehead atoms. The summed E-state index contributed by atoms with van der Waals surface area (Å²) in [6.45, 7) is 3.16. The van der Waals surface area contributed by atoms with Gasteiger partial charge in [-0.2, -0.15) is 13.2 Å².